The highest BCUT2D eigenvalue weighted by Gasteiger charge is 2.16. The van der Waals surface area contributed by atoms with Crippen molar-refractivity contribution in [3.63, 3.8) is 0 Å². The summed E-state index contributed by atoms with van der Waals surface area (Å²) in [6.07, 6.45) is 2.23. The Hall–Kier alpha value is -2.57. The van der Waals surface area contributed by atoms with Crippen molar-refractivity contribution in [1.29, 1.82) is 0 Å². The highest BCUT2D eigenvalue weighted by molar-refractivity contribution is 5.94. The molecule has 6 heteroatoms. The summed E-state index contributed by atoms with van der Waals surface area (Å²) in [4.78, 5) is 12.4. The van der Waals surface area contributed by atoms with Gasteiger partial charge in [0.05, 0.1) is 19.8 Å². The fourth-order valence-corrected chi connectivity index (χ4v) is 3.38. The van der Waals surface area contributed by atoms with Crippen molar-refractivity contribution in [2.24, 2.45) is 0 Å². The second-order valence-electron chi connectivity index (χ2n) is 7.07. The number of benzene rings is 2. The molecule has 1 unspecified atom stereocenters. The lowest BCUT2D eigenvalue weighted by molar-refractivity contribution is 0.0857. The maximum Gasteiger partial charge on any atom is 0.251 e. The standard InChI is InChI=1S/C23H30N2O4/c1-3-28-21-10-9-18(13-22(21)27-2)15-24-14-17-6-4-7-19(12-17)23(26)25-16-20-8-5-11-29-20/h4,6-7,9-10,12-13,20,24H,3,5,8,11,14-16H2,1-2H3,(H,25,26). The highest BCUT2D eigenvalue weighted by Crippen LogP contribution is 2.28. The van der Waals surface area contributed by atoms with E-state index in [1.54, 1.807) is 7.11 Å². The van der Waals surface area contributed by atoms with Gasteiger partial charge in [0.2, 0.25) is 0 Å². The molecule has 156 valence electrons. The lowest BCUT2D eigenvalue weighted by atomic mass is 10.1. The Balaban J connectivity index is 1.50. The van der Waals surface area contributed by atoms with Gasteiger partial charge in [-0.1, -0.05) is 18.2 Å². The van der Waals surface area contributed by atoms with E-state index in [1.807, 2.05) is 49.4 Å². The van der Waals surface area contributed by atoms with Crippen LogP contribution in [0.4, 0.5) is 0 Å². The molecular formula is C23H30N2O4. The lowest BCUT2D eigenvalue weighted by Gasteiger charge is -2.12. The van der Waals surface area contributed by atoms with E-state index in [0.29, 0.717) is 31.8 Å². The third-order valence-electron chi connectivity index (χ3n) is 4.89. The summed E-state index contributed by atoms with van der Waals surface area (Å²) in [7, 11) is 1.64. The first-order valence-corrected chi connectivity index (χ1v) is 10.2. The van der Waals surface area contributed by atoms with Gasteiger partial charge in [-0.15, -0.1) is 0 Å². The SMILES string of the molecule is CCOc1ccc(CNCc2cccc(C(=O)NCC3CCCO3)c2)cc1OC. The Bertz CT molecular complexity index is 803. The molecule has 0 aliphatic carbocycles. The molecule has 0 saturated carbocycles. The summed E-state index contributed by atoms with van der Waals surface area (Å²) in [6, 6.07) is 13.6. The molecule has 1 saturated heterocycles. The molecule has 0 aromatic heterocycles. The van der Waals surface area contributed by atoms with Crippen LogP contribution in [0, 0.1) is 0 Å². The fourth-order valence-electron chi connectivity index (χ4n) is 3.38. The highest BCUT2D eigenvalue weighted by atomic mass is 16.5. The molecule has 1 aliphatic heterocycles. The molecule has 1 heterocycles. The maximum atomic E-state index is 12.4. The third kappa shape index (κ3) is 6.21. The molecular weight excluding hydrogens is 368 g/mol. The average Bonchev–Trinajstić information content (AvgIpc) is 3.27. The number of nitrogens with one attached hydrogen (secondary N) is 2. The van der Waals surface area contributed by atoms with Crippen LogP contribution in [0.5, 0.6) is 11.5 Å². The van der Waals surface area contributed by atoms with Crippen molar-refractivity contribution in [2.75, 3.05) is 26.9 Å². The number of hydrogen-bond donors (Lipinski definition) is 2. The summed E-state index contributed by atoms with van der Waals surface area (Å²) >= 11 is 0. The Morgan fingerprint density at radius 3 is 2.69 bits per heavy atom. The monoisotopic (exact) mass is 398 g/mol. The number of methoxy groups -OCH3 is 1. The van der Waals surface area contributed by atoms with E-state index in [-0.39, 0.29) is 12.0 Å². The van der Waals surface area contributed by atoms with Crippen molar-refractivity contribution in [3.05, 3.63) is 59.2 Å². The summed E-state index contributed by atoms with van der Waals surface area (Å²) in [5.74, 6) is 1.43. The molecule has 0 radical (unpaired) electrons. The molecule has 6 nitrogen and oxygen atoms in total. The Labute approximate surface area is 172 Å². The first kappa shape index (κ1) is 21.1. The molecule has 1 fully saturated rings. The third-order valence-corrected chi connectivity index (χ3v) is 4.89. The van der Waals surface area contributed by atoms with Crippen LogP contribution in [0.3, 0.4) is 0 Å². The Morgan fingerprint density at radius 1 is 1.14 bits per heavy atom. The van der Waals surface area contributed by atoms with Crippen LogP contribution < -0.4 is 20.1 Å². The van der Waals surface area contributed by atoms with Crippen LogP contribution in [0.2, 0.25) is 0 Å². The zero-order valence-electron chi connectivity index (χ0n) is 17.2. The van der Waals surface area contributed by atoms with Crippen molar-refractivity contribution in [2.45, 2.75) is 39.0 Å². The summed E-state index contributed by atoms with van der Waals surface area (Å²) in [6.45, 7) is 5.28. The van der Waals surface area contributed by atoms with Crippen molar-refractivity contribution in [1.82, 2.24) is 10.6 Å². The summed E-state index contributed by atoms with van der Waals surface area (Å²) in [5, 5.41) is 6.38. The predicted octanol–water partition coefficient (Wildman–Crippen LogP) is 3.29. The number of hydrogen-bond acceptors (Lipinski definition) is 5. The normalized spacial score (nSPS) is 15.9. The van der Waals surface area contributed by atoms with E-state index in [0.717, 1.165) is 42.1 Å². The second-order valence-corrected chi connectivity index (χ2v) is 7.07. The number of carbonyl (C=O) groups is 1. The minimum Gasteiger partial charge on any atom is -0.493 e. The van der Waals surface area contributed by atoms with E-state index >= 15 is 0 Å². The van der Waals surface area contributed by atoms with Gasteiger partial charge in [-0.3, -0.25) is 4.79 Å². The van der Waals surface area contributed by atoms with Crippen molar-refractivity contribution >= 4 is 5.91 Å². The zero-order chi connectivity index (χ0) is 20.5. The van der Waals surface area contributed by atoms with Gasteiger partial charge in [-0.2, -0.15) is 0 Å². The number of carbonyl (C=O) groups excluding carboxylic acids is 1. The summed E-state index contributed by atoms with van der Waals surface area (Å²) < 4.78 is 16.5. The van der Waals surface area contributed by atoms with Crippen LogP contribution in [-0.2, 0) is 17.8 Å². The van der Waals surface area contributed by atoms with Crippen LogP contribution in [0.25, 0.3) is 0 Å². The largest absolute Gasteiger partial charge is 0.493 e. The van der Waals surface area contributed by atoms with Gasteiger partial charge in [-0.05, 0) is 55.2 Å². The smallest absolute Gasteiger partial charge is 0.251 e. The topological polar surface area (TPSA) is 68.8 Å². The first-order chi connectivity index (χ1) is 14.2. The average molecular weight is 399 g/mol. The minimum absolute atomic E-state index is 0.0569. The van der Waals surface area contributed by atoms with Gasteiger partial charge in [-0.25, -0.2) is 0 Å². The molecule has 0 spiro atoms. The van der Waals surface area contributed by atoms with Crippen molar-refractivity contribution in [3.8, 4) is 11.5 Å². The van der Waals surface area contributed by atoms with Crippen LogP contribution >= 0.6 is 0 Å². The second kappa shape index (κ2) is 10.8. The quantitative estimate of drug-likeness (QED) is 0.643. The predicted molar refractivity (Wildman–Crippen MR) is 112 cm³/mol. The zero-order valence-corrected chi connectivity index (χ0v) is 17.2. The van der Waals surface area contributed by atoms with Crippen LogP contribution in [-0.4, -0.2) is 38.9 Å². The molecule has 0 bridgehead atoms. The Morgan fingerprint density at radius 2 is 1.97 bits per heavy atom. The van der Waals surface area contributed by atoms with E-state index in [2.05, 4.69) is 10.6 Å². The fraction of sp³-hybridized carbons (Fsp3) is 0.435. The van der Waals surface area contributed by atoms with E-state index < -0.39 is 0 Å². The van der Waals surface area contributed by atoms with Gasteiger partial charge in [0.15, 0.2) is 11.5 Å². The first-order valence-electron chi connectivity index (χ1n) is 10.2. The molecule has 2 aromatic rings. The molecule has 2 aromatic carbocycles. The van der Waals surface area contributed by atoms with Crippen LogP contribution in [0.15, 0.2) is 42.5 Å². The molecule has 1 amide bonds. The van der Waals surface area contributed by atoms with Gasteiger partial charge in [0.1, 0.15) is 0 Å². The number of amides is 1. The van der Waals surface area contributed by atoms with Gasteiger partial charge >= 0.3 is 0 Å². The maximum absolute atomic E-state index is 12.4. The van der Waals surface area contributed by atoms with Gasteiger partial charge in [0, 0.05) is 31.8 Å². The number of ether oxygens (including phenoxy) is 3. The van der Waals surface area contributed by atoms with E-state index in [1.165, 1.54) is 0 Å². The summed E-state index contributed by atoms with van der Waals surface area (Å²) in [5.41, 5.74) is 2.84. The van der Waals surface area contributed by atoms with Gasteiger partial charge in [0.25, 0.3) is 5.91 Å². The van der Waals surface area contributed by atoms with Crippen LogP contribution in [0.1, 0.15) is 41.3 Å². The molecule has 29 heavy (non-hydrogen) atoms. The molecule has 1 atom stereocenters. The Kier molecular flexibility index (Phi) is 7.90. The molecule has 2 N–H and O–H groups in total. The van der Waals surface area contributed by atoms with Crippen molar-refractivity contribution < 1.29 is 19.0 Å². The number of rotatable bonds is 10. The van der Waals surface area contributed by atoms with Gasteiger partial charge < -0.3 is 24.8 Å². The minimum atomic E-state index is -0.0569. The molecule has 1 aliphatic rings. The van der Waals surface area contributed by atoms with E-state index in [4.69, 9.17) is 14.2 Å². The molecule has 3 rings (SSSR count). The lowest BCUT2D eigenvalue weighted by Crippen LogP contribution is -2.31. The van der Waals surface area contributed by atoms with E-state index in [9.17, 15) is 4.79 Å².